The van der Waals surface area contributed by atoms with Crippen LogP contribution in [-0.2, 0) is 28.9 Å². The van der Waals surface area contributed by atoms with Crippen molar-refractivity contribution in [2.75, 3.05) is 0 Å². The van der Waals surface area contributed by atoms with Gasteiger partial charge in [-0.25, -0.2) is 0 Å². The van der Waals surface area contributed by atoms with Crippen molar-refractivity contribution in [1.82, 2.24) is 15.5 Å². The number of nitrogens with zero attached hydrogens (tertiary/aromatic N) is 2. The molecule has 1 heterocycles. The second-order valence-corrected chi connectivity index (χ2v) is 5.54. The summed E-state index contributed by atoms with van der Waals surface area (Å²) in [5.74, 6) is 0.364. The molecule has 6 heteroatoms. The number of benzene rings is 1. The Balaban J connectivity index is 2.20. The summed E-state index contributed by atoms with van der Waals surface area (Å²) in [6.45, 7) is 5.00. The van der Waals surface area contributed by atoms with Gasteiger partial charge in [-0.2, -0.15) is 0 Å². The lowest BCUT2D eigenvalue weighted by molar-refractivity contribution is -0.120. The van der Waals surface area contributed by atoms with Crippen LogP contribution in [0.3, 0.4) is 0 Å². The molecular formula is C17H21N3O3. The average molecular weight is 315 g/mol. The predicted molar refractivity (Wildman–Crippen MR) is 84.8 cm³/mol. The van der Waals surface area contributed by atoms with Gasteiger partial charge in [0.15, 0.2) is 0 Å². The molecule has 1 N–H and O–H groups in total. The second-order valence-electron chi connectivity index (χ2n) is 5.54. The Bertz CT molecular complexity index is 694. The fourth-order valence-corrected chi connectivity index (χ4v) is 2.35. The summed E-state index contributed by atoms with van der Waals surface area (Å²) in [6.07, 6.45) is 1.60. The van der Waals surface area contributed by atoms with Crippen LogP contribution >= 0.6 is 0 Å². The van der Waals surface area contributed by atoms with E-state index in [-0.39, 0.29) is 24.0 Å². The van der Waals surface area contributed by atoms with Gasteiger partial charge in [0, 0.05) is 13.3 Å². The Labute approximate surface area is 135 Å². The summed E-state index contributed by atoms with van der Waals surface area (Å²) in [5.41, 5.74) is 2.31. The number of ketones is 1. The largest absolute Gasteiger partial charge is 0.423 e. The number of Topliss-reactive ketones (excluding diaryl/α,β-unsaturated/α-hetero) is 1. The van der Waals surface area contributed by atoms with E-state index < -0.39 is 6.04 Å². The molecule has 1 aromatic heterocycles. The Kier molecular flexibility index (Phi) is 5.62. The highest BCUT2D eigenvalue weighted by atomic mass is 16.4. The molecule has 0 aliphatic rings. The number of aryl methyl sites for hydroxylation is 1. The smallest absolute Gasteiger partial charge is 0.239 e. The molecule has 0 spiro atoms. The van der Waals surface area contributed by atoms with Gasteiger partial charge in [0.05, 0.1) is 6.42 Å². The van der Waals surface area contributed by atoms with E-state index in [1.807, 2.05) is 12.1 Å². The quantitative estimate of drug-likeness (QED) is 0.846. The highest BCUT2D eigenvalue weighted by molar-refractivity contribution is 5.77. The van der Waals surface area contributed by atoms with Gasteiger partial charge in [-0.15, -0.1) is 10.2 Å². The van der Waals surface area contributed by atoms with Crippen molar-refractivity contribution in [3.8, 4) is 0 Å². The SMILES string of the molecule is CCc1cccc(C[C@H](NC(C)=O)c2nnc(CC(C)=O)o2)c1. The number of nitrogens with one attached hydrogen (secondary N) is 1. The van der Waals surface area contributed by atoms with Gasteiger partial charge in [0.1, 0.15) is 11.8 Å². The summed E-state index contributed by atoms with van der Waals surface area (Å²) >= 11 is 0. The number of aromatic nitrogens is 2. The van der Waals surface area contributed by atoms with Crippen LogP contribution in [0.2, 0.25) is 0 Å². The topological polar surface area (TPSA) is 85.1 Å². The van der Waals surface area contributed by atoms with Crippen LogP contribution in [0.25, 0.3) is 0 Å². The molecule has 0 aliphatic heterocycles. The zero-order valence-electron chi connectivity index (χ0n) is 13.6. The van der Waals surface area contributed by atoms with Gasteiger partial charge < -0.3 is 9.73 Å². The third kappa shape index (κ3) is 5.02. The maximum Gasteiger partial charge on any atom is 0.239 e. The Morgan fingerprint density at radius 1 is 1.22 bits per heavy atom. The lowest BCUT2D eigenvalue weighted by Crippen LogP contribution is -2.28. The molecule has 0 bridgehead atoms. The van der Waals surface area contributed by atoms with Gasteiger partial charge in [-0.1, -0.05) is 31.2 Å². The third-order valence-electron chi connectivity index (χ3n) is 3.40. The van der Waals surface area contributed by atoms with Crippen molar-refractivity contribution >= 4 is 11.7 Å². The lowest BCUT2D eigenvalue weighted by atomic mass is 10.0. The van der Waals surface area contributed by atoms with Crippen LogP contribution in [0.5, 0.6) is 0 Å². The predicted octanol–water partition coefficient (Wildman–Crippen LogP) is 2.18. The van der Waals surface area contributed by atoms with Crippen LogP contribution < -0.4 is 5.32 Å². The van der Waals surface area contributed by atoms with E-state index in [1.54, 1.807) is 0 Å². The van der Waals surface area contributed by atoms with E-state index in [0.717, 1.165) is 12.0 Å². The first kappa shape index (κ1) is 16.9. The second kappa shape index (κ2) is 7.67. The van der Waals surface area contributed by atoms with Gasteiger partial charge in [0.2, 0.25) is 17.7 Å². The van der Waals surface area contributed by atoms with E-state index in [1.165, 1.54) is 19.4 Å². The fraction of sp³-hybridized carbons (Fsp3) is 0.412. The Hall–Kier alpha value is -2.50. The van der Waals surface area contributed by atoms with E-state index in [9.17, 15) is 9.59 Å². The first-order chi connectivity index (χ1) is 11.0. The summed E-state index contributed by atoms with van der Waals surface area (Å²) < 4.78 is 5.53. The van der Waals surface area contributed by atoms with Crippen LogP contribution in [0, 0.1) is 0 Å². The van der Waals surface area contributed by atoms with Crippen LogP contribution in [0.4, 0.5) is 0 Å². The van der Waals surface area contributed by atoms with Crippen molar-refractivity contribution in [3.05, 3.63) is 47.2 Å². The number of hydrogen-bond donors (Lipinski definition) is 1. The standard InChI is InChI=1S/C17H21N3O3/c1-4-13-6-5-7-14(9-13)10-15(18-12(3)22)17-20-19-16(23-17)8-11(2)21/h5-7,9,15H,4,8,10H2,1-3H3,(H,18,22)/t15-/m0/s1. The first-order valence-corrected chi connectivity index (χ1v) is 7.64. The van der Waals surface area contributed by atoms with Gasteiger partial charge in [-0.05, 0) is 24.5 Å². The first-order valence-electron chi connectivity index (χ1n) is 7.64. The Morgan fingerprint density at radius 2 is 1.96 bits per heavy atom. The summed E-state index contributed by atoms with van der Waals surface area (Å²) in [6, 6.07) is 7.75. The zero-order chi connectivity index (χ0) is 16.8. The van der Waals surface area contributed by atoms with E-state index in [0.29, 0.717) is 12.3 Å². The normalized spacial score (nSPS) is 12.0. The molecule has 0 aliphatic carbocycles. The number of carbonyl (C=O) groups is 2. The molecule has 23 heavy (non-hydrogen) atoms. The molecule has 1 aromatic carbocycles. The van der Waals surface area contributed by atoms with Crippen molar-refractivity contribution in [1.29, 1.82) is 0 Å². The summed E-state index contributed by atoms with van der Waals surface area (Å²) in [7, 11) is 0. The lowest BCUT2D eigenvalue weighted by Gasteiger charge is -2.14. The van der Waals surface area contributed by atoms with Crippen molar-refractivity contribution in [2.45, 2.75) is 46.1 Å². The molecule has 2 rings (SSSR count). The number of rotatable bonds is 7. The maximum absolute atomic E-state index is 11.5. The van der Waals surface area contributed by atoms with E-state index in [4.69, 9.17) is 4.42 Å². The van der Waals surface area contributed by atoms with Gasteiger partial charge in [0.25, 0.3) is 0 Å². The number of carbonyl (C=O) groups excluding carboxylic acids is 2. The molecule has 0 radical (unpaired) electrons. The van der Waals surface area contributed by atoms with E-state index >= 15 is 0 Å². The van der Waals surface area contributed by atoms with Crippen molar-refractivity contribution < 1.29 is 14.0 Å². The molecule has 1 atom stereocenters. The summed E-state index contributed by atoms with van der Waals surface area (Å²) in [4.78, 5) is 22.6. The minimum atomic E-state index is -0.409. The zero-order valence-corrected chi connectivity index (χ0v) is 13.6. The van der Waals surface area contributed by atoms with Crippen molar-refractivity contribution in [3.63, 3.8) is 0 Å². The highest BCUT2D eigenvalue weighted by Crippen LogP contribution is 2.19. The highest BCUT2D eigenvalue weighted by Gasteiger charge is 2.21. The average Bonchev–Trinajstić information content (AvgIpc) is 2.94. The van der Waals surface area contributed by atoms with Crippen LogP contribution in [0.15, 0.2) is 28.7 Å². The molecule has 1 amide bonds. The Morgan fingerprint density at radius 3 is 2.61 bits per heavy atom. The molecule has 0 fully saturated rings. The number of amides is 1. The minimum absolute atomic E-state index is 0.0491. The van der Waals surface area contributed by atoms with Crippen molar-refractivity contribution in [2.24, 2.45) is 0 Å². The maximum atomic E-state index is 11.5. The monoisotopic (exact) mass is 315 g/mol. The molecule has 122 valence electrons. The van der Waals surface area contributed by atoms with Crippen LogP contribution in [-0.4, -0.2) is 21.9 Å². The molecule has 0 saturated heterocycles. The minimum Gasteiger partial charge on any atom is -0.423 e. The number of hydrogen-bond acceptors (Lipinski definition) is 5. The van der Waals surface area contributed by atoms with Crippen LogP contribution in [0.1, 0.15) is 49.7 Å². The summed E-state index contributed by atoms with van der Waals surface area (Å²) in [5, 5.41) is 10.7. The van der Waals surface area contributed by atoms with E-state index in [2.05, 4.69) is 34.6 Å². The molecule has 2 aromatic rings. The van der Waals surface area contributed by atoms with Gasteiger partial charge >= 0.3 is 0 Å². The molecular weight excluding hydrogens is 294 g/mol. The fourth-order valence-electron chi connectivity index (χ4n) is 2.35. The van der Waals surface area contributed by atoms with Gasteiger partial charge in [-0.3, -0.25) is 9.59 Å². The molecule has 0 unspecified atom stereocenters. The molecule has 0 saturated carbocycles. The third-order valence-corrected chi connectivity index (χ3v) is 3.40. The molecule has 6 nitrogen and oxygen atoms in total.